The van der Waals surface area contributed by atoms with Crippen LogP contribution >= 0.6 is 11.6 Å². The van der Waals surface area contributed by atoms with Gasteiger partial charge in [-0.3, -0.25) is 0 Å². The number of hydrogen-bond donors (Lipinski definition) is 1. The van der Waals surface area contributed by atoms with Crippen LogP contribution in [0.5, 0.6) is 0 Å². The summed E-state index contributed by atoms with van der Waals surface area (Å²) in [4.78, 5) is 0. The first-order valence-corrected chi connectivity index (χ1v) is 6.00. The zero-order chi connectivity index (χ0) is 12.4. The third-order valence-corrected chi connectivity index (χ3v) is 3.42. The van der Waals surface area contributed by atoms with Gasteiger partial charge in [-0.2, -0.15) is 0 Å². The van der Waals surface area contributed by atoms with Crippen LogP contribution in [0.4, 0.5) is 13.2 Å². The van der Waals surface area contributed by atoms with Crippen molar-refractivity contribution in [3.05, 3.63) is 34.1 Å². The Bertz CT molecular complexity index is 417. The molecule has 0 aromatic heterocycles. The molecule has 0 bridgehead atoms. The smallest absolute Gasteiger partial charge is 0.180 e. The summed E-state index contributed by atoms with van der Waals surface area (Å²) in [6.07, 6.45) is 2.36. The van der Waals surface area contributed by atoms with E-state index in [0.717, 1.165) is 32.0 Å². The van der Waals surface area contributed by atoms with Crippen LogP contribution in [0, 0.1) is 23.4 Å². The van der Waals surface area contributed by atoms with Crippen LogP contribution in [0.15, 0.2) is 6.07 Å². The van der Waals surface area contributed by atoms with Crippen molar-refractivity contribution in [1.82, 2.24) is 5.32 Å². The molecule has 1 aliphatic rings. The minimum atomic E-state index is -1.31. The number of benzene rings is 1. The summed E-state index contributed by atoms with van der Waals surface area (Å²) < 4.78 is 39.8. The Labute approximate surface area is 103 Å². The molecular weight excluding hydrogens is 251 g/mol. The number of halogens is 4. The lowest BCUT2D eigenvalue weighted by Crippen LogP contribution is -2.31. The van der Waals surface area contributed by atoms with Crippen molar-refractivity contribution in [3.8, 4) is 0 Å². The fourth-order valence-corrected chi connectivity index (χ4v) is 2.39. The molecule has 0 spiro atoms. The van der Waals surface area contributed by atoms with Gasteiger partial charge in [0.05, 0.1) is 0 Å². The molecule has 1 aliphatic heterocycles. The summed E-state index contributed by atoms with van der Waals surface area (Å²) in [5.41, 5.74) is 0.155. The highest BCUT2D eigenvalue weighted by Crippen LogP contribution is 2.27. The second kappa shape index (κ2) is 5.27. The van der Waals surface area contributed by atoms with Crippen molar-refractivity contribution in [2.24, 2.45) is 5.92 Å². The molecule has 1 unspecified atom stereocenters. The van der Waals surface area contributed by atoms with Crippen LogP contribution in [-0.4, -0.2) is 13.1 Å². The Morgan fingerprint density at radius 1 is 1.29 bits per heavy atom. The zero-order valence-electron chi connectivity index (χ0n) is 9.20. The molecule has 1 heterocycles. The molecule has 1 aromatic carbocycles. The van der Waals surface area contributed by atoms with Crippen LogP contribution in [-0.2, 0) is 6.42 Å². The van der Waals surface area contributed by atoms with E-state index >= 15 is 0 Å². The number of nitrogens with one attached hydrogen (secondary N) is 1. The van der Waals surface area contributed by atoms with Crippen molar-refractivity contribution in [3.63, 3.8) is 0 Å². The molecule has 1 nitrogen and oxygen atoms in total. The zero-order valence-corrected chi connectivity index (χ0v) is 9.96. The normalized spacial score (nSPS) is 20.6. The number of hydrogen-bond acceptors (Lipinski definition) is 1. The van der Waals surface area contributed by atoms with Crippen molar-refractivity contribution < 1.29 is 13.2 Å². The molecular formula is C12H13ClF3N. The lowest BCUT2D eigenvalue weighted by atomic mass is 9.92. The highest BCUT2D eigenvalue weighted by Gasteiger charge is 2.20. The van der Waals surface area contributed by atoms with E-state index in [2.05, 4.69) is 5.32 Å². The summed E-state index contributed by atoms with van der Waals surface area (Å²) in [7, 11) is 0. The Kier molecular flexibility index (Phi) is 3.94. The maximum atomic E-state index is 13.6. The van der Waals surface area contributed by atoms with Gasteiger partial charge >= 0.3 is 0 Å². The SMILES string of the molecule is Fc1cc(CC2CCCNC2)c(F)c(Cl)c1F. The molecule has 0 saturated carbocycles. The number of piperidine rings is 1. The van der Waals surface area contributed by atoms with Crippen molar-refractivity contribution in [1.29, 1.82) is 0 Å². The minimum Gasteiger partial charge on any atom is -0.316 e. The van der Waals surface area contributed by atoms with Gasteiger partial charge < -0.3 is 5.32 Å². The molecule has 94 valence electrons. The molecule has 1 atom stereocenters. The van der Waals surface area contributed by atoms with E-state index in [1.54, 1.807) is 0 Å². The van der Waals surface area contributed by atoms with Crippen LogP contribution in [0.2, 0.25) is 5.02 Å². The second-order valence-corrected chi connectivity index (χ2v) is 4.75. The summed E-state index contributed by atoms with van der Waals surface area (Å²) >= 11 is 5.40. The second-order valence-electron chi connectivity index (χ2n) is 4.38. The average Bonchev–Trinajstić information content (AvgIpc) is 2.35. The summed E-state index contributed by atoms with van der Waals surface area (Å²) in [6.45, 7) is 1.73. The molecule has 1 saturated heterocycles. The van der Waals surface area contributed by atoms with E-state index < -0.39 is 22.5 Å². The molecule has 17 heavy (non-hydrogen) atoms. The first-order valence-electron chi connectivity index (χ1n) is 5.62. The predicted molar refractivity (Wildman–Crippen MR) is 60.6 cm³/mol. The Balaban J connectivity index is 2.20. The lowest BCUT2D eigenvalue weighted by Gasteiger charge is -2.23. The molecule has 1 fully saturated rings. The third kappa shape index (κ3) is 2.75. The maximum Gasteiger partial charge on any atom is 0.180 e. The molecule has 0 radical (unpaired) electrons. The monoisotopic (exact) mass is 263 g/mol. The minimum absolute atomic E-state index is 0.155. The fourth-order valence-electron chi connectivity index (χ4n) is 2.18. The van der Waals surface area contributed by atoms with E-state index in [0.29, 0.717) is 6.42 Å². The van der Waals surface area contributed by atoms with E-state index in [9.17, 15) is 13.2 Å². The maximum absolute atomic E-state index is 13.6. The van der Waals surface area contributed by atoms with Gasteiger partial charge in [0.25, 0.3) is 0 Å². The van der Waals surface area contributed by atoms with Gasteiger partial charge in [-0.05, 0) is 49.9 Å². The lowest BCUT2D eigenvalue weighted by molar-refractivity contribution is 0.370. The topological polar surface area (TPSA) is 12.0 Å². The van der Waals surface area contributed by atoms with Crippen LogP contribution < -0.4 is 5.32 Å². The van der Waals surface area contributed by atoms with E-state index in [-0.39, 0.29) is 11.5 Å². The number of rotatable bonds is 2. The molecule has 0 aliphatic carbocycles. The van der Waals surface area contributed by atoms with E-state index in [1.165, 1.54) is 0 Å². The first-order chi connectivity index (χ1) is 8.09. The average molecular weight is 264 g/mol. The van der Waals surface area contributed by atoms with E-state index in [1.807, 2.05) is 0 Å². The van der Waals surface area contributed by atoms with Gasteiger partial charge in [0.15, 0.2) is 11.6 Å². The molecule has 2 rings (SSSR count). The van der Waals surface area contributed by atoms with Crippen molar-refractivity contribution >= 4 is 11.6 Å². The van der Waals surface area contributed by atoms with Gasteiger partial charge in [0, 0.05) is 0 Å². The van der Waals surface area contributed by atoms with Crippen LogP contribution in [0.3, 0.4) is 0 Å². The Morgan fingerprint density at radius 3 is 2.71 bits per heavy atom. The van der Waals surface area contributed by atoms with Gasteiger partial charge in [0.1, 0.15) is 10.8 Å². The van der Waals surface area contributed by atoms with Gasteiger partial charge in [-0.1, -0.05) is 11.6 Å². The van der Waals surface area contributed by atoms with Crippen molar-refractivity contribution in [2.75, 3.05) is 13.1 Å². The first kappa shape index (κ1) is 12.7. The molecule has 5 heteroatoms. The Hall–Kier alpha value is -0.740. The van der Waals surface area contributed by atoms with Crippen LogP contribution in [0.1, 0.15) is 18.4 Å². The largest absolute Gasteiger partial charge is 0.316 e. The summed E-state index contributed by atoms with van der Waals surface area (Å²) in [5.74, 6) is -2.99. The molecule has 0 amide bonds. The highest BCUT2D eigenvalue weighted by molar-refractivity contribution is 6.31. The van der Waals surface area contributed by atoms with Crippen molar-refractivity contribution in [2.45, 2.75) is 19.3 Å². The van der Waals surface area contributed by atoms with E-state index in [4.69, 9.17) is 11.6 Å². The van der Waals surface area contributed by atoms with Gasteiger partial charge in [-0.15, -0.1) is 0 Å². The Morgan fingerprint density at radius 2 is 2.06 bits per heavy atom. The van der Waals surface area contributed by atoms with Crippen LogP contribution in [0.25, 0.3) is 0 Å². The highest BCUT2D eigenvalue weighted by atomic mass is 35.5. The fraction of sp³-hybridized carbons (Fsp3) is 0.500. The standard InChI is InChI=1S/C12H13ClF3N/c13-10-11(15)8(5-9(14)12(10)16)4-7-2-1-3-17-6-7/h5,7,17H,1-4,6H2. The molecule has 1 aromatic rings. The summed E-state index contributed by atoms with van der Waals surface area (Å²) in [6, 6.07) is 0.908. The van der Waals surface area contributed by atoms with Gasteiger partial charge in [-0.25, -0.2) is 13.2 Å². The quantitative estimate of drug-likeness (QED) is 0.638. The molecule has 1 N–H and O–H groups in total. The summed E-state index contributed by atoms with van der Waals surface area (Å²) in [5, 5.41) is 2.45. The van der Waals surface area contributed by atoms with Gasteiger partial charge in [0.2, 0.25) is 0 Å². The third-order valence-electron chi connectivity index (χ3n) is 3.09. The predicted octanol–water partition coefficient (Wildman–Crippen LogP) is 3.30.